The van der Waals surface area contributed by atoms with Crippen LogP contribution in [0.1, 0.15) is 16.7 Å². The molecule has 0 aliphatic carbocycles. The minimum absolute atomic E-state index is 0.177. The van der Waals surface area contributed by atoms with Crippen molar-refractivity contribution in [2.75, 3.05) is 7.11 Å². The molecule has 0 saturated carbocycles. The topological polar surface area (TPSA) is 29.5 Å². The number of esters is 1. The van der Waals surface area contributed by atoms with Gasteiger partial charge < -0.3 is 4.74 Å². The summed E-state index contributed by atoms with van der Waals surface area (Å²) in [6, 6.07) is 15.8. The fourth-order valence-electron chi connectivity index (χ4n) is 2.94. The summed E-state index contributed by atoms with van der Waals surface area (Å²) in [6.07, 6.45) is 0.691. The number of benzene rings is 2. The van der Waals surface area contributed by atoms with E-state index in [9.17, 15) is 4.79 Å². The smallest absolute Gasteiger partial charge is 0.323 e. The van der Waals surface area contributed by atoms with Crippen molar-refractivity contribution < 1.29 is 9.53 Å². The number of nitrogens with zero attached hydrogens (tertiary/aromatic N) is 1. The fourth-order valence-corrected chi connectivity index (χ4v) is 3.06. The molecule has 2 aromatic rings. The predicted molar refractivity (Wildman–Crippen MR) is 86.6 cm³/mol. The Morgan fingerprint density at radius 2 is 1.86 bits per heavy atom. The number of methoxy groups -OCH3 is 1. The van der Waals surface area contributed by atoms with Crippen molar-refractivity contribution in [3.05, 3.63) is 70.2 Å². The first-order valence-electron chi connectivity index (χ1n) is 7.30. The molecular formula is C18H18ClNO2. The van der Waals surface area contributed by atoms with E-state index >= 15 is 0 Å². The van der Waals surface area contributed by atoms with Gasteiger partial charge in [0.05, 0.1) is 7.11 Å². The summed E-state index contributed by atoms with van der Waals surface area (Å²) in [4.78, 5) is 14.3. The van der Waals surface area contributed by atoms with Crippen molar-refractivity contribution in [1.82, 2.24) is 4.90 Å². The van der Waals surface area contributed by atoms with Crippen LogP contribution >= 0.6 is 11.6 Å². The molecule has 1 aliphatic rings. The lowest BCUT2D eigenvalue weighted by atomic mass is 9.93. The normalized spacial score (nSPS) is 17.8. The molecule has 1 atom stereocenters. The highest BCUT2D eigenvalue weighted by molar-refractivity contribution is 6.30. The van der Waals surface area contributed by atoms with E-state index in [1.54, 1.807) is 0 Å². The average Bonchev–Trinajstić information content (AvgIpc) is 2.55. The molecule has 1 aliphatic heterocycles. The standard InChI is InChI=1S/C18H18ClNO2/c1-22-18(21)17-10-14-4-2-3-5-15(14)12-20(17)11-13-6-8-16(19)9-7-13/h2-9,17H,10-12H2,1H3. The Labute approximate surface area is 135 Å². The van der Waals surface area contributed by atoms with Crippen molar-refractivity contribution in [3.63, 3.8) is 0 Å². The van der Waals surface area contributed by atoms with E-state index in [-0.39, 0.29) is 12.0 Å². The van der Waals surface area contributed by atoms with Gasteiger partial charge in [0.15, 0.2) is 0 Å². The van der Waals surface area contributed by atoms with Gasteiger partial charge in [-0.1, -0.05) is 48.0 Å². The number of hydrogen-bond donors (Lipinski definition) is 0. The van der Waals surface area contributed by atoms with E-state index in [2.05, 4.69) is 17.0 Å². The number of carbonyl (C=O) groups is 1. The van der Waals surface area contributed by atoms with Gasteiger partial charge in [-0.25, -0.2) is 0 Å². The SMILES string of the molecule is COC(=O)C1Cc2ccccc2CN1Cc1ccc(Cl)cc1. The Bertz CT molecular complexity index is 669. The second-order valence-corrected chi connectivity index (χ2v) is 5.98. The molecule has 0 radical (unpaired) electrons. The molecule has 1 unspecified atom stereocenters. The van der Waals surface area contributed by atoms with E-state index in [0.717, 1.165) is 17.1 Å². The van der Waals surface area contributed by atoms with E-state index < -0.39 is 0 Å². The Kier molecular flexibility index (Phi) is 4.46. The summed E-state index contributed by atoms with van der Waals surface area (Å²) in [5.41, 5.74) is 3.64. The minimum Gasteiger partial charge on any atom is -0.468 e. The molecule has 114 valence electrons. The molecule has 0 bridgehead atoms. The van der Waals surface area contributed by atoms with Crippen molar-refractivity contribution >= 4 is 17.6 Å². The Hall–Kier alpha value is -1.84. The highest BCUT2D eigenvalue weighted by Gasteiger charge is 2.32. The van der Waals surface area contributed by atoms with Crippen LogP contribution in [0.5, 0.6) is 0 Å². The van der Waals surface area contributed by atoms with Crippen LogP contribution in [0.25, 0.3) is 0 Å². The number of rotatable bonds is 3. The van der Waals surface area contributed by atoms with Crippen LogP contribution in [-0.4, -0.2) is 24.0 Å². The summed E-state index contributed by atoms with van der Waals surface area (Å²) in [6.45, 7) is 1.45. The van der Waals surface area contributed by atoms with Crippen LogP contribution in [0.3, 0.4) is 0 Å². The predicted octanol–water partition coefficient (Wildman–Crippen LogP) is 3.44. The molecule has 0 amide bonds. The summed E-state index contributed by atoms with van der Waals surface area (Å²) in [5.74, 6) is -0.177. The third-order valence-electron chi connectivity index (χ3n) is 4.12. The first kappa shape index (κ1) is 15.1. The van der Waals surface area contributed by atoms with Gasteiger partial charge in [0.25, 0.3) is 0 Å². The molecule has 2 aromatic carbocycles. The molecule has 0 fully saturated rings. The Morgan fingerprint density at radius 1 is 1.18 bits per heavy atom. The third-order valence-corrected chi connectivity index (χ3v) is 4.37. The fraction of sp³-hybridized carbons (Fsp3) is 0.278. The summed E-state index contributed by atoms with van der Waals surface area (Å²) >= 11 is 5.94. The first-order chi connectivity index (χ1) is 10.7. The van der Waals surface area contributed by atoms with Gasteiger partial charge in [-0.05, 0) is 35.2 Å². The van der Waals surface area contributed by atoms with Gasteiger partial charge in [-0.2, -0.15) is 0 Å². The largest absolute Gasteiger partial charge is 0.468 e. The molecule has 0 aromatic heterocycles. The summed E-state index contributed by atoms with van der Waals surface area (Å²) in [7, 11) is 1.45. The Morgan fingerprint density at radius 3 is 2.55 bits per heavy atom. The summed E-state index contributed by atoms with van der Waals surface area (Å²) in [5, 5.41) is 0.720. The van der Waals surface area contributed by atoms with E-state index in [0.29, 0.717) is 13.0 Å². The van der Waals surface area contributed by atoms with Crippen molar-refractivity contribution in [3.8, 4) is 0 Å². The molecule has 3 rings (SSSR count). The second kappa shape index (κ2) is 6.51. The molecule has 3 nitrogen and oxygen atoms in total. The average molecular weight is 316 g/mol. The van der Waals surface area contributed by atoms with Gasteiger partial charge in [-0.15, -0.1) is 0 Å². The molecule has 4 heteroatoms. The lowest BCUT2D eigenvalue weighted by Crippen LogP contribution is -2.45. The van der Waals surface area contributed by atoms with Crippen molar-refractivity contribution in [2.45, 2.75) is 25.6 Å². The molecule has 0 N–H and O–H groups in total. The third kappa shape index (κ3) is 3.16. The minimum atomic E-state index is -0.240. The first-order valence-corrected chi connectivity index (χ1v) is 7.68. The Balaban J connectivity index is 1.86. The molecule has 1 heterocycles. The van der Waals surface area contributed by atoms with Gasteiger partial charge in [0, 0.05) is 18.1 Å². The number of ether oxygens (including phenoxy) is 1. The lowest BCUT2D eigenvalue weighted by molar-refractivity contribution is -0.147. The van der Waals surface area contributed by atoms with Crippen LogP contribution in [-0.2, 0) is 29.0 Å². The monoisotopic (exact) mass is 315 g/mol. The van der Waals surface area contributed by atoms with Crippen LogP contribution < -0.4 is 0 Å². The maximum Gasteiger partial charge on any atom is 0.323 e. The lowest BCUT2D eigenvalue weighted by Gasteiger charge is -2.35. The maximum absolute atomic E-state index is 12.1. The molecule has 0 saturated heterocycles. The number of hydrogen-bond acceptors (Lipinski definition) is 3. The van der Waals surface area contributed by atoms with Crippen LogP contribution in [0.2, 0.25) is 5.02 Å². The molecular weight excluding hydrogens is 298 g/mol. The van der Waals surface area contributed by atoms with Crippen molar-refractivity contribution in [2.24, 2.45) is 0 Å². The van der Waals surface area contributed by atoms with Crippen LogP contribution in [0.15, 0.2) is 48.5 Å². The second-order valence-electron chi connectivity index (χ2n) is 5.54. The van der Waals surface area contributed by atoms with Gasteiger partial charge in [0.1, 0.15) is 6.04 Å². The summed E-state index contributed by atoms with van der Waals surface area (Å²) < 4.78 is 4.99. The molecule has 22 heavy (non-hydrogen) atoms. The highest BCUT2D eigenvalue weighted by Crippen LogP contribution is 2.26. The number of carbonyl (C=O) groups excluding carboxylic acids is 1. The zero-order valence-electron chi connectivity index (χ0n) is 12.5. The van der Waals surface area contributed by atoms with Gasteiger partial charge in [0.2, 0.25) is 0 Å². The quantitative estimate of drug-likeness (QED) is 0.813. The highest BCUT2D eigenvalue weighted by atomic mass is 35.5. The van der Waals surface area contributed by atoms with Crippen LogP contribution in [0.4, 0.5) is 0 Å². The molecule has 0 spiro atoms. The van der Waals surface area contributed by atoms with Crippen LogP contribution in [0, 0.1) is 0 Å². The van der Waals surface area contributed by atoms with Gasteiger partial charge >= 0.3 is 5.97 Å². The zero-order chi connectivity index (χ0) is 15.5. The zero-order valence-corrected chi connectivity index (χ0v) is 13.2. The van der Waals surface area contributed by atoms with E-state index in [1.165, 1.54) is 18.2 Å². The van der Waals surface area contributed by atoms with Gasteiger partial charge in [-0.3, -0.25) is 9.69 Å². The number of fused-ring (bicyclic) bond motifs is 1. The van der Waals surface area contributed by atoms with E-state index in [4.69, 9.17) is 16.3 Å². The van der Waals surface area contributed by atoms with E-state index in [1.807, 2.05) is 36.4 Å². The number of halogens is 1. The van der Waals surface area contributed by atoms with Crippen molar-refractivity contribution in [1.29, 1.82) is 0 Å². The maximum atomic E-state index is 12.1.